The van der Waals surface area contributed by atoms with Gasteiger partial charge < -0.3 is 16.0 Å². The molecule has 6 nitrogen and oxygen atoms in total. The third kappa shape index (κ3) is 5.61. The molecule has 1 atom stereocenters. The van der Waals surface area contributed by atoms with Gasteiger partial charge in [0, 0.05) is 31.9 Å². The maximum absolute atomic E-state index is 12.9. The molecular formula is C21H25FN4O2. The average Bonchev–Trinajstić information content (AvgIpc) is 2.70. The minimum atomic E-state index is -0.560. The van der Waals surface area contributed by atoms with Crippen LogP contribution in [0.5, 0.6) is 0 Å². The zero-order valence-corrected chi connectivity index (χ0v) is 15.7. The largest absolute Gasteiger partial charge is 0.339 e. The molecule has 2 aromatic carbocycles. The van der Waals surface area contributed by atoms with Gasteiger partial charge in [-0.05, 0) is 36.2 Å². The van der Waals surface area contributed by atoms with E-state index in [2.05, 4.69) is 5.32 Å². The first kappa shape index (κ1) is 20.0. The lowest BCUT2D eigenvalue weighted by Crippen LogP contribution is -2.54. The summed E-state index contributed by atoms with van der Waals surface area (Å²) in [6.07, 6.45) is 0.514. The van der Waals surface area contributed by atoms with Crippen molar-refractivity contribution < 1.29 is 14.0 Å². The van der Waals surface area contributed by atoms with Crippen molar-refractivity contribution in [3.63, 3.8) is 0 Å². The molecule has 7 heteroatoms. The van der Waals surface area contributed by atoms with E-state index in [1.165, 1.54) is 24.3 Å². The van der Waals surface area contributed by atoms with Crippen molar-refractivity contribution in [1.82, 2.24) is 9.80 Å². The zero-order chi connectivity index (χ0) is 19.9. The van der Waals surface area contributed by atoms with Crippen LogP contribution >= 0.6 is 0 Å². The van der Waals surface area contributed by atoms with E-state index in [1.54, 1.807) is 4.90 Å². The summed E-state index contributed by atoms with van der Waals surface area (Å²) in [4.78, 5) is 28.5. The summed E-state index contributed by atoms with van der Waals surface area (Å²) >= 11 is 0. The highest BCUT2D eigenvalue weighted by atomic mass is 19.1. The van der Waals surface area contributed by atoms with E-state index in [4.69, 9.17) is 5.73 Å². The standard InChI is InChI=1S/C21H25FN4O2/c22-17-6-8-18(9-7-17)24-20(27)15-25-10-12-26(13-11-25)21(28)19(23)14-16-4-2-1-3-5-16/h1-9,19H,10-15,23H2,(H,24,27). The molecule has 28 heavy (non-hydrogen) atoms. The average molecular weight is 384 g/mol. The Balaban J connectivity index is 1.42. The Morgan fingerprint density at radius 1 is 1.00 bits per heavy atom. The zero-order valence-electron chi connectivity index (χ0n) is 15.7. The maximum atomic E-state index is 12.9. The topological polar surface area (TPSA) is 78.7 Å². The Morgan fingerprint density at radius 3 is 2.29 bits per heavy atom. The summed E-state index contributed by atoms with van der Waals surface area (Å²) < 4.78 is 12.9. The van der Waals surface area contributed by atoms with Crippen molar-refractivity contribution in [2.24, 2.45) is 5.73 Å². The lowest BCUT2D eigenvalue weighted by atomic mass is 10.1. The lowest BCUT2D eigenvalue weighted by molar-refractivity contribution is -0.134. The number of halogens is 1. The summed E-state index contributed by atoms with van der Waals surface area (Å²) in [5.74, 6) is -0.560. The van der Waals surface area contributed by atoms with Gasteiger partial charge in [0.1, 0.15) is 5.82 Å². The molecule has 148 valence electrons. The van der Waals surface area contributed by atoms with Crippen LogP contribution in [-0.2, 0) is 16.0 Å². The molecule has 0 aromatic heterocycles. The van der Waals surface area contributed by atoms with Crippen molar-refractivity contribution in [3.8, 4) is 0 Å². The minimum Gasteiger partial charge on any atom is -0.339 e. The van der Waals surface area contributed by atoms with Crippen LogP contribution in [0.15, 0.2) is 54.6 Å². The predicted octanol–water partition coefficient (Wildman–Crippen LogP) is 1.48. The van der Waals surface area contributed by atoms with Crippen molar-refractivity contribution in [3.05, 3.63) is 66.0 Å². The molecular weight excluding hydrogens is 359 g/mol. The first-order valence-corrected chi connectivity index (χ1v) is 9.37. The van der Waals surface area contributed by atoms with E-state index >= 15 is 0 Å². The van der Waals surface area contributed by atoms with E-state index in [-0.39, 0.29) is 24.2 Å². The van der Waals surface area contributed by atoms with Crippen LogP contribution in [0.25, 0.3) is 0 Å². The highest BCUT2D eigenvalue weighted by Gasteiger charge is 2.26. The third-order valence-corrected chi connectivity index (χ3v) is 4.79. The monoisotopic (exact) mass is 384 g/mol. The number of hydrogen-bond donors (Lipinski definition) is 2. The number of carbonyl (C=O) groups excluding carboxylic acids is 2. The highest BCUT2D eigenvalue weighted by Crippen LogP contribution is 2.10. The van der Waals surface area contributed by atoms with Gasteiger partial charge in [0.05, 0.1) is 12.6 Å². The predicted molar refractivity (Wildman–Crippen MR) is 106 cm³/mol. The number of amides is 2. The first-order chi connectivity index (χ1) is 13.5. The summed E-state index contributed by atoms with van der Waals surface area (Å²) in [5.41, 5.74) is 7.70. The third-order valence-electron chi connectivity index (χ3n) is 4.79. The molecule has 3 N–H and O–H groups in total. The van der Waals surface area contributed by atoms with Gasteiger partial charge in [0.25, 0.3) is 0 Å². The van der Waals surface area contributed by atoms with E-state index in [9.17, 15) is 14.0 Å². The Kier molecular flexibility index (Phi) is 6.73. The Labute approximate surface area is 164 Å². The van der Waals surface area contributed by atoms with Gasteiger partial charge in [-0.2, -0.15) is 0 Å². The van der Waals surface area contributed by atoms with Crippen LogP contribution in [-0.4, -0.2) is 60.4 Å². The van der Waals surface area contributed by atoms with Gasteiger partial charge in [-0.25, -0.2) is 4.39 Å². The number of nitrogens with one attached hydrogen (secondary N) is 1. The number of hydrogen-bond acceptors (Lipinski definition) is 4. The fourth-order valence-electron chi connectivity index (χ4n) is 3.25. The van der Waals surface area contributed by atoms with Crippen molar-refractivity contribution in [2.75, 3.05) is 38.0 Å². The van der Waals surface area contributed by atoms with Gasteiger partial charge in [-0.3, -0.25) is 14.5 Å². The molecule has 0 radical (unpaired) electrons. The smallest absolute Gasteiger partial charge is 0.239 e. The second kappa shape index (κ2) is 9.43. The number of anilines is 1. The van der Waals surface area contributed by atoms with Crippen LogP contribution in [0.2, 0.25) is 0 Å². The molecule has 1 unspecified atom stereocenters. The number of benzene rings is 2. The Morgan fingerprint density at radius 2 is 1.64 bits per heavy atom. The second-order valence-corrected chi connectivity index (χ2v) is 6.95. The van der Waals surface area contributed by atoms with Crippen LogP contribution < -0.4 is 11.1 Å². The Bertz CT molecular complexity index is 790. The molecule has 1 aliphatic rings. The summed E-state index contributed by atoms with van der Waals surface area (Å²) in [7, 11) is 0. The minimum absolute atomic E-state index is 0.0562. The fraction of sp³-hybridized carbons (Fsp3) is 0.333. The van der Waals surface area contributed by atoms with Crippen LogP contribution in [0.3, 0.4) is 0 Å². The van der Waals surface area contributed by atoms with Crippen LogP contribution in [0.4, 0.5) is 10.1 Å². The van der Waals surface area contributed by atoms with Crippen LogP contribution in [0.1, 0.15) is 5.56 Å². The van der Waals surface area contributed by atoms with Gasteiger partial charge in [0.15, 0.2) is 0 Å². The van der Waals surface area contributed by atoms with Gasteiger partial charge in [0.2, 0.25) is 11.8 Å². The van der Waals surface area contributed by atoms with Crippen LogP contribution in [0, 0.1) is 5.82 Å². The number of piperazine rings is 1. The highest BCUT2D eigenvalue weighted by molar-refractivity contribution is 5.92. The Hall–Kier alpha value is -2.77. The summed E-state index contributed by atoms with van der Waals surface area (Å²) in [5, 5.41) is 2.75. The fourth-order valence-corrected chi connectivity index (χ4v) is 3.25. The van der Waals surface area contributed by atoms with Gasteiger partial charge in [-0.15, -0.1) is 0 Å². The molecule has 0 bridgehead atoms. The normalized spacial score (nSPS) is 15.9. The van der Waals surface area contributed by atoms with E-state index in [0.29, 0.717) is 38.3 Å². The molecule has 1 fully saturated rings. The maximum Gasteiger partial charge on any atom is 0.239 e. The quantitative estimate of drug-likeness (QED) is 0.791. The number of nitrogens with zero attached hydrogens (tertiary/aromatic N) is 2. The SMILES string of the molecule is NC(Cc1ccccc1)C(=O)N1CCN(CC(=O)Nc2ccc(F)cc2)CC1. The molecule has 0 saturated carbocycles. The summed E-state index contributed by atoms with van der Waals surface area (Å²) in [6, 6.07) is 14.8. The molecule has 1 aliphatic heterocycles. The molecule has 1 saturated heterocycles. The molecule has 2 aromatic rings. The van der Waals surface area contributed by atoms with Gasteiger partial charge >= 0.3 is 0 Å². The van der Waals surface area contributed by atoms with E-state index in [1.807, 2.05) is 35.2 Å². The lowest BCUT2D eigenvalue weighted by Gasteiger charge is -2.35. The van der Waals surface area contributed by atoms with E-state index in [0.717, 1.165) is 5.56 Å². The molecule has 2 amide bonds. The molecule has 0 aliphatic carbocycles. The van der Waals surface area contributed by atoms with Crippen molar-refractivity contribution in [2.45, 2.75) is 12.5 Å². The number of carbonyl (C=O) groups is 2. The molecule has 0 spiro atoms. The van der Waals surface area contributed by atoms with Crippen molar-refractivity contribution >= 4 is 17.5 Å². The molecule has 3 rings (SSSR count). The summed E-state index contributed by atoms with van der Waals surface area (Å²) in [6.45, 7) is 2.55. The molecule has 1 heterocycles. The van der Waals surface area contributed by atoms with Gasteiger partial charge in [-0.1, -0.05) is 30.3 Å². The number of nitrogens with two attached hydrogens (primary N) is 1. The van der Waals surface area contributed by atoms with Crippen molar-refractivity contribution in [1.29, 1.82) is 0 Å². The number of rotatable bonds is 6. The second-order valence-electron chi connectivity index (χ2n) is 6.95. The van der Waals surface area contributed by atoms with E-state index < -0.39 is 6.04 Å². The first-order valence-electron chi connectivity index (χ1n) is 9.37.